The lowest BCUT2D eigenvalue weighted by atomic mass is 10.1. The average Bonchev–Trinajstić information content (AvgIpc) is 2.84. The van der Waals surface area contributed by atoms with Crippen molar-refractivity contribution in [1.29, 1.82) is 0 Å². The van der Waals surface area contributed by atoms with Gasteiger partial charge in [0.1, 0.15) is 11.5 Å². The van der Waals surface area contributed by atoms with Crippen molar-refractivity contribution in [3.05, 3.63) is 23.8 Å². The zero-order valence-corrected chi connectivity index (χ0v) is 10.4. The highest BCUT2D eigenvalue weighted by molar-refractivity contribution is 5.39. The minimum atomic E-state index is 0.338. The molecule has 0 radical (unpaired) electrons. The van der Waals surface area contributed by atoms with E-state index >= 15 is 0 Å². The van der Waals surface area contributed by atoms with Gasteiger partial charge in [0.15, 0.2) is 0 Å². The number of hydrogen-bond acceptors (Lipinski definition) is 3. The third-order valence-electron chi connectivity index (χ3n) is 3.51. The number of ether oxygens (including phenoxy) is 1. The van der Waals surface area contributed by atoms with Crippen molar-refractivity contribution >= 4 is 0 Å². The largest absolute Gasteiger partial charge is 0.508 e. The Morgan fingerprint density at radius 1 is 1.35 bits per heavy atom. The Bertz CT molecular complexity index is 359. The van der Waals surface area contributed by atoms with E-state index in [1.165, 1.54) is 25.7 Å². The first-order valence-electron chi connectivity index (χ1n) is 6.36. The van der Waals surface area contributed by atoms with Gasteiger partial charge in [-0.15, -0.1) is 0 Å². The van der Waals surface area contributed by atoms with Crippen LogP contribution in [0.25, 0.3) is 0 Å². The molecule has 0 heterocycles. The van der Waals surface area contributed by atoms with E-state index in [1.807, 2.05) is 6.07 Å². The van der Waals surface area contributed by atoms with Gasteiger partial charge in [-0.3, -0.25) is 0 Å². The molecule has 0 bridgehead atoms. The third kappa shape index (κ3) is 3.37. The molecular weight excluding hydrogens is 214 g/mol. The lowest BCUT2D eigenvalue weighted by Gasteiger charge is -2.12. The summed E-state index contributed by atoms with van der Waals surface area (Å²) < 4.78 is 5.15. The summed E-state index contributed by atoms with van der Waals surface area (Å²) in [5.74, 6) is 1.95. The van der Waals surface area contributed by atoms with E-state index in [2.05, 4.69) is 5.32 Å². The fourth-order valence-corrected chi connectivity index (χ4v) is 2.46. The zero-order chi connectivity index (χ0) is 12.1. The van der Waals surface area contributed by atoms with Crippen LogP contribution in [0, 0.1) is 5.92 Å². The van der Waals surface area contributed by atoms with Gasteiger partial charge in [-0.1, -0.05) is 12.8 Å². The molecule has 17 heavy (non-hydrogen) atoms. The molecule has 1 saturated carbocycles. The first kappa shape index (κ1) is 12.2. The standard InChI is InChI=1S/C14H21NO2/c1-17-13-6-7-14(16)12(8-13)10-15-9-11-4-2-3-5-11/h6-8,11,15-16H,2-5,9-10H2,1H3. The van der Waals surface area contributed by atoms with Crippen LogP contribution in [0.15, 0.2) is 18.2 Å². The lowest BCUT2D eigenvalue weighted by Crippen LogP contribution is -2.20. The monoisotopic (exact) mass is 235 g/mol. The topological polar surface area (TPSA) is 41.5 Å². The molecule has 3 heteroatoms. The zero-order valence-electron chi connectivity index (χ0n) is 10.4. The van der Waals surface area contributed by atoms with Gasteiger partial charge in [-0.05, 0) is 43.5 Å². The van der Waals surface area contributed by atoms with Crippen LogP contribution in [0.4, 0.5) is 0 Å². The molecule has 0 atom stereocenters. The van der Waals surface area contributed by atoms with E-state index in [0.29, 0.717) is 12.3 Å². The Morgan fingerprint density at radius 2 is 2.12 bits per heavy atom. The van der Waals surface area contributed by atoms with Crippen LogP contribution in [0.5, 0.6) is 11.5 Å². The summed E-state index contributed by atoms with van der Waals surface area (Å²) in [6.45, 7) is 1.76. The highest BCUT2D eigenvalue weighted by atomic mass is 16.5. The first-order chi connectivity index (χ1) is 8.29. The highest BCUT2D eigenvalue weighted by Gasteiger charge is 2.14. The Hall–Kier alpha value is -1.22. The van der Waals surface area contributed by atoms with Crippen molar-refractivity contribution in [2.75, 3.05) is 13.7 Å². The molecule has 0 amide bonds. The van der Waals surface area contributed by atoms with Crippen molar-refractivity contribution in [3.63, 3.8) is 0 Å². The number of methoxy groups -OCH3 is 1. The molecule has 1 fully saturated rings. The smallest absolute Gasteiger partial charge is 0.120 e. The Balaban J connectivity index is 1.84. The number of benzene rings is 1. The Kier molecular flexibility index (Phi) is 4.26. The molecule has 0 aromatic heterocycles. The normalized spacial score (nSPS) is 16.3. The number of rotatable bonds is 5. The maximum atomic E-state index is 9.73. The van der Waals surface area contributed by atoms with Crippen LogP contribution in [0.2, 0.25) is 0 Å². The predicted molar refractivity (Wildman–Crippen MR) is 68.3 cm³/mol. The van der Waals surface area contributed by atoms with Crippen LogP contribution in [-0.4, -0.2) is 18.8 Å². The molecule has 3 nitrogen and oxygen atoms in total. The number of hydrogen-bond donors (Lipinski definition) is 2. The lowest BCUT2D eigenvalue weighted by molar-refractivity contribution is 0.409. The predicted octanol–water partition coefficient (Wildman–Crippen LogP) is 2.68. The SMILES string of the molecule is COc1ccc(O)c(CNCC2CCCC2)c1. The van der Waals surface area contributed by atoms with E-state index in [-0.39, 0.29) is 0 Å². The van der Waals surface area contributed by atoms with Crippen LogP contribution in [0.1, 0.15) is 31.2 Å². The van der Waals surface area contributed by atoms with Crippen molar-refractivity contribution in [3.8, 4) is 11.5 Å². The minimum absolute atomic E-state index is 0.338. The molecule has 0 aliphatic heterocycles. The van der Waals surface area contributed by atoms with Crippen molar-refractivity contribution in [1.82, 2.24) is 5.32 Å². The molecule has 1 aliphatic rings. The Morgan fingerprint density at radius 3 is 2.82 bits per heavy atom. The third-order valence-corrected chi connectivity index (χ3v) is 3.51. The van der Waals surface area contributed by atoms with E-state index < -0.39 is 0 Å². The average molecular weight is 235 g/mol. The first-order valence-corrected chi connectivity index (χ1v) is 6.36. The van der Waals surface area contributed by atoms with E-state index in [0.717, 1.165) is 23.8 Å². The molecule has 1 aromatic carbocycles. The molecule has 94 valence electrons. The minimum Gasteiger partial charge on any atom is -0.508 e. The second kappa shape index (κ2) is 5.92. The highest BCUT2D eigenvalue weighted by Crippen LogP contribution is 2.25. The van der Waals surface area contributed by atoms with E-state index in [1.54, 1.807) is 19.2 Å². The summed E-state index contributed by atoms with van der Waals surface area (Å²) in [6, 6.07) is 5.35. The summed E-state index contributed by atoms with van der Waals surface area (Å²) in [6.07, 6.45) is 5.43. The van der Waals surface area contributed by atoms with Crippen LogP contribution >= 0.6 is 0 Å². The van der Waals surface area contributed by atoms with Gasteiger partial charge in [0, 0.05) is 12.1 Å². The van der Waals surface area contributed by atoms with Gasteiger partial charge in [-0.2, -0.15) is 0 Å². The van der Waals surface area contributed by atoms with Gasteiger partial charge in [0.05, 0.1) is 7.11 Å². The van der Waals surface area contributed by atoms with Crippen molar-refractivity contribution < 1.29 is 9.84 Å². The van der Waals surface area contributed by atoms with Gasteiger partial charge in [-0.25, -0.2) is 0 Å². The summed E-state index contributed by atoms with van der Waals surface area (Å²) in [4.78, 5) is 0. The number of nitrogens with one attached hydrogen (secondary N) is 1. The quantitative estimate of drug-likeness (QED) is 0.824. The summed E-state index contributed by atoms with van der Waals surface area (Å²) in [5.41, 5.74) is 0.905. The second-order valence-corrected chi connectivity index (χ2v) is 4.78. The molecule has 1 aliphatic carbocycles. The molecule has 2 rings (SSSR count). The van der Waals surface area contributed by atoms with Gasteiger partial charge < -0.3 is 15.2 Å². The van der Waals surface area contributed by atoms with Crippen molar-refractivity contribution in [2.45, 2.75) is 32.2 Å². The molecule has 2 N–H and O–H groups in total. The van der Waals surface area contributed by atoms with E-state index in [4.69, 9.17) is 4.74 Å². The van der Waals surface area contributed by atoms with E-state index in [9.17, 15) is 5.11 Å². The summed E-state index contributed by atoms with van der Waals surface area (Å²) in [5, 5.41) is 13.1. The molecule has 0 unspecified atom stereocenters. The van der Waals surface area contributed by atoms with Crippen LogP contribution in [-0.2, 0) is 6.54 Å². The Labute approximate surface area is 103 Å². The van der Waals surface area contributed by atoms with Crippen LogP contribution in [0.3, 0.4) is 0 Å². The fraction of sp³-hybridized carbons (Fsp3) is 0.571. The summed E-state index contributed by atoms with van der Waals surface area (Å²) in [7, 11) is 1.64. The van der Waals surface area contributed by atoms with Gasteiger partial charge in [0.25, 0.3) is 0 Å². The maximum absolute atomic E-state index is 9.73. The second-order valence-electron chi connectivity index (χ2n) is 4.78. The van der Waals surface area contributed by atoms with Crippen LogP contribution < -0.4 is 10.1 Å². The van der Waals surface area contributed by atoms with Gasteiger partial charge in [0.2, 0.25) is 0 Å². The fourth-order valence-electron chi connectivity index (χ4n) is 2.46. The number of phenolic OH excluding ortho intramolecular Hbond substituents is 1. The molecule has 1 aromatic rings. The number of phenols is 1. The van der Waals surface area contributed by atoms with Gasteiger partial charge >= 0.3 is 0 Å². The molecule has 0 spiro atoms. The maximum Gasteiger partial charge on any atom is 0.120 e. The van der Waals surface area contributed by atoms with Crippen molar-refractivity contribution in [2.24, 2.45) is 5.92 Å². The molecule has 0 saturated heterocycles. The summed E-state index contributed by atoms with van der Waals surface area (Å²) >= 11 is 0. The molecular formula is C14H21NO2. The number of aromatic hydroxyl groups is 1.